The Kier molecular flexibility index (Phi) is 3.85. The number of rotatable bonds is 5. The van der Waals surface area contributed by atoms with Crippen LogP contribution < -0.4 is 10.2 Å². The van der Waals surface area contributed by atoms with Crippen molar-refractivity contribution in [3.63, 3.8) is 0 Å². The van der Waals surface area contributed by atoms with E-state index in [1.807, 2.05) is 4.90 Å². The van der Waals surface area contributed by atoms with Crippen molar-refractivity contribution in [1.29, 1.82) is 0 Å². The van der Waals surface area contributed by atoms with Gasteiger partial charge in [-0.3, -0.25) is 4.79 Å². The summed E-state index contributed by atoms with van der Waals surface area (Å²) >= 11 is 0. The molecular formula is C16H21FN2O2. The van der Waals surface area contributed by atoms with Crippen molar-refractivity contribution in [1.82, 2.24) is 5.32 Å². The molecular weight excluding hydrogens is 271 g/mol. The van der Waals surface area contributed by atoms with E-state index < -0.39 is 0 Å². The second-order valence-corrected chi connectivity index (χ2v) is 6.20. The van der Waals surface area contributed by atoms with E-state index in [4.69, 9.17) is 0 Å². The third-order valence-electron chi connectivity index (χ3n) is 4.57. The number of carbonyl (C=O) groups excluding carboxylic acids is 1. The highest BCUT2D eigenvalue weighted by molar-refractivity contribution is 5.94. The molecule has 0 bridgehead atoms. The first-order valence-electron chi connectivity index (χ1n) is 7.57. The van der Waals surface area contributed by atoms with E-state index in [0.29, 0.717) is 17.8 Å². The van der Waals surface area contributed by atoms with Crippen molar-refractivity contribution in [2.24, 2.45) is 5.41 Å². The Labute approximate surface area is 124 Å². The highest BCUT2D eigenvalue weighted by atomic mass is 19.1. The standard InChI is InChI=1S/C16H21FN2O2/c17-13-9-12(3-4-14(13)19-7-1-2-8-19)15(21)18-10-16(11-20)5-6-16/h3-4,9,20H,1-2,5-8,10-11H2,(H,18,21). The fourth-order valence-corrected chi connectivity index (χ4v) is 2.80. The fourth-order valence-electron chi connectivity index (χ4n) is 2.80. The van der Waals surface area contributed by atoms with Gasteiger partial charge in [0.15, 0.2) is 0 Å². The third-order valence-corrected chi connectivity index (χ3v) is 4.57. The maximum absolute atomic E-state index is 14.2. The van der Waals surface area contributed by atoms with E-state index in [1.54, 1.807) is 12.1 Å². The largest absolute Gasteiger partial charge is 0.396 e. The van der Waals surface area contributed by atoms with Crippen LogP contribution in [0, 0.1) is 11.2 Å². The average Bonchev–Trinajstić information content (AvgIpc) is 3.08. The molecule has 1 saturated carbocycles. The van der Waals surface area contributed by atoms with Crippen LogP contribution >= 0.6 is 0 Å². The molecule has 1 saturated heterocycles. The highest BCUT2D eigenvalue weighted by Gasteiger charge is 2.42. The van der Waals surface area contributed by atoms with Gasteiger partial charge in [0.05, 0.1) is 12.3 Å². The maximum Gasteiger partial charge on any atom is 0.251 e. The van der Waals surface area contributed by atoms with Gasteiger partial charge in [0.25, 0.3) is 5.91 Å². The monoisotopic (exact) mass is 292 g/mol. The maximum atomic E-state index is 14.2. The number of aliphatic hydroxyl groups excluding tert-OH is 1. The van der Waals surface area contributed by atoms with Crippen LogP contribution in [0.3, 0.4) is 0 Å². The molecule has 1 amide bonds. The predicted molar refractivity (Wildman–Crippen MR) is 78.9 cm³/mol. The Morgan fingerprint density at radius 1 is 1.33 bits per heavy atom. The molecule has 2 aliphatic rings. The number of carbonyl (C=O) groups is 1. The van der Waals surface area contributed by atoms with Crippen molar-refractivity contribution < 1.29 is 14.3 Å². The molecule has 1 aliphatic carbocycles. The molecule has 0 unspecified atom stereocenters. The van der Waals surface area contributed by atoms with Crippen LogP contribution in [0.2, 0.25) is 0 Å². The number of anilines is 1. The summed E-state index contributed by atoms with van der Waals surface area (Å²) in [7, 11) is 0. The minimum Gasteiger partial charge on any atom is -0.396 e. The van der Waals surface area contributed by atoms with Crippen LogP contribution in [0.4, 0.5) is 10.1 Å². The molecule has 0 aromatic heterocycles. The number of benzene rings is 1. The van der Waals surface area contributed by atoms with Crippen LogP contribution in [0.1, 0.15) is 36.0 Å². The third kappa shape index (κ3) is 3.02. The first-order valence-corrected chi connectivity index (χ1v) is 7.57. The Morgan fingerprint density at radius 2 is 2.05 bits per heavy atom. The zero-order valence-corrected chi connectivity index (χ0v) is 12.1. The lowest BCUT2D eigenvalue weighted by atomic mass is 10.1. The SMILES string of the molecule is O=C(NCC1(CO)CC1)c1ccc(N2CCCC2)c(F)c1. The van der Waals surface area contributed by atoms with Crippen molar-refractivity contribution in [2.75, 3.05) is 31.1 Å². The lowest BCUT2D eigenvalue weighted by molar-refractivity contribution is 0.0935. The van der Waals surface area contributed by atoms with Crippen LogP contribution in [0.5, 0.6) is 0 Å². The molecule has 4 nitrogen and oxygen atoms in total. The van der Waals surface area contributed by atoms with E-state index in [0.717, 1.165) is 38.8 Å². The zero-order valence-electron chi connectivity index (χ0n) is 12.1. The number of nitrogens with one attached hydrogen (secondary N) is 1. The molecule has 0 spiro atoms. The average molecular weight is 292 g/mol. The van der Waals surface area contributed by atoms with Crippen molar-refractivity contribution >= 4 is 11.6 Å². The second kappa shape index (κ2) is 5.64. The summed E-state index contributed by atoms with van der Waals surface area (Å²) in [5, 5.41) is 12.0. The Bertz CT molecular complexity index is 537. The summed E-state index contributed by atoms with van der Waals surface area (Å²) in [6.07, 6.45) is 4.05. The van der Waals surface area contributed by atoms with Gasteiger partial charge in [-0.2, -0.15) is 0 Å². The first-order chi connectivity index (χ1) is 10.1. The molecule has 114 valence electrons. The smallest absolute Gasteiger partial charge is 0.251 e. The molecule has 0 radical (unpaired) electrons. The predicted octanol–water partition coefficient (Wildman–Crippen LogP) is 1.93. The minimum atomic E-state index is -0.340. The zero-order chi connectivity index (χ0) is 14.9. The first kappa shape index (κ1) is 14.3. The second-order valence-electron chi connectivity index (χ2n) is 6.20. The fraction of sp³-hybridized carbons (Fsp3) is 0.562. The van der Waals surface area contributed by atoms with E-state index in [-0.39, 0.29) is 23.7 Å². The Morgan fingerprint density at radius 3 is 2.62 bits per heavy atom. The highest BCUT2D eigenvalue weighted by Crippen LogP contribution is 2.44. The number of hydrogen-bond acceptors (Lipinski definition) is 3. The molecule has 21 heavy (non-hydrogen) atoms. The Hall–Kier alpha value is -1.62. The molecule has 1 aromatic carbocycles. The molecule has 5 heteroatoms. The molecule has 2 N–H and O–H groups in total. The summed E-state index contributed by atoms with van der Waals surface area (Å²) in [4.78, 5) is 14.1. The Balaban J connectivity index is 1.65. The number of hydrogen-bond donors (Lipinski definition) is 2. The molecule has 1 heterocycles. The lowest BCUT2D eigenvalue weighted by Crippen LogP contribution is -2.32. The normalized spacial score (nSPS) is 19.6. The van der Waals surface area contributed by atoms with Gasteiger partial charge in [-0.1, -0.05) is 0 Å². The molecule has 1 aliphatic heterocycles. The number of amides is 1. The van der Waals surface area contributed by atoms with Crippen LogP contribution in [0.25, 0.3) is 0 Å². The van der Waals surface area contributed by atoms with Gasteiger partial charge < -0.3 is 15.3 Å². The summed E-state index contributed by atoms with van der Waals surface area (Å²) in [5.41, 5.74) is 0.784. The van der Waals surface area contributed by atoms with Crippen LogP contribution in [-0.2, 0) is 0 Å². The molecule has 3 rings (SSSR count). The summed E-state index contributed by atoms with van der Waals surface area (Å²) in [6, 6.07) is 4.67. The number of aliphatic hydroxyl groups is 1. The van der Waals surface area contributed by atoms with Gasteiger partial charge in [-0.15, -0.1) is 0 Å². The quantitative estimate of drug-likeness (QED) is 0.872. The van der Waals surface area contributed by atoms with Crippen molar-refractivity contribution in [3.8, 4) is 0 Å². The van der Waals surface area contributed by atoms with Gasteiger partial charge in [-0.25, -0.2) is 4.39 Å². The van der Waals surface area contributed by atoms with Gasteiger partial charge in [0.2, 0.25) is 0 Å². The summed E-state index contributed by atoms with van der Waals surface area (Å²) in [5.74, 6) is -0.616. The molecule has 2 fully saturated rings. The van der Waals surface area contributed by atoms with E-state index in [1.165, 1.54) is 6.07 Å². The summed E-state index contributed by atoms with van der Waals surface area (Å²) < 4.78 is 14.2. The van der Waals surface area contributed by atoms with Gasteiger partial charge in [0.1, 0.15) is 5.82 Å². The van der Waals surface area contributed by atoms with Crippen LogP contribution in [-0.4, -0.2) is 37.3 Å². The summed E-state index contributed by atoms with van der Waals surface area (Å²) in [6.45, 7) is 2.30. The lowest BCUT2D eigenvalue weighted by Gasteiger charge is -2.19. The van der Waals surface area contributed by atoms with E-state index in [2.05, 4.69) is 5.32 Å². The van der Waals surface area contributed by atoms with Crippen LogP contribution in [0.15, 0.2) is 18.2 Å². The van der Waals surface area contributed by atoms with Gasteiger partial charge in [-0.05, 0) is 43.9 Å². The van der Waals surface area contributed by atoms with Gasteiger partial charge >= 0.3 is 0 Å². The number of nitrogens with zero attached hydrogens (tertiary/aromatic N) is 1. The number of halogens is 1. The minimum absolute atomic E-state index is 0.0928. The van der Waals surface area contributed by atoms with Crippen molar-refractivity contribution in [2.45, 2.75) is 25.7 Å². The van der Waals surface area contributed by atoms with Gasteiger partial charge in [0, 0.05) is 30.6 Å². The topological polar surface area (TPSA) is 52.6 Å². The molecule has 0 atom stereocenters. The van der Waals surface area contributed by atoms with E-state index in [9.17, 15) is 14.3 Å². The van der Waals surface area contributed by atoms with E-state index >= 15 is 0 Å². The van der Waals surface area contributed by atoms with Crippen molar-refractivity contribution in [3.05, 3.63) is 29.6 Å². The molecule has 1 aromatic rings.